The standard InChI is InChI=1S/C13H15NO2S/c1-17-12-5-2-10(3-6-12)4-7-13(16)14-8-11(15)9-14/h2-7,11,15H,8-9H2,1H3/b7-4+. The summed E-state index contributed by atoms with van der Waals surface area (Å²) in [6.45, 7) is 0.906. The molecule has 1 heterocycles. The van der Waals surface area contributed by atoms with Gasteiger partial charge in [0.2, 0.25) is 5.91 Å². The third-order valence-corrected chi connectivity index (χ3v) is 3.45. The number of likely N-dealkylation sites (tertiary alicyclic amines) is 1. The number of carbonyl (C=O) groups is 1. The van der Waals surface area contributed by atoms with Crippen LogP contribution in [-0.2, 0) is 4.79 Å². The van der Waals surface area contributed by atoms with E-state index >= 15 is 0 Å². The van der Waals surface area contributed by atoms with E-state index in [1.165, 1.54) is 4.90 Å². The van der Waals surface area contributed by atoms with E-state index in [2.05, 4.69) is 0 Å². The predicted octanol–water partition coefficient (Wildman–Crippen LogP) is 1.62. The van der Waals surface area contributed by atoms with Crippen molar-refractivity contribution in [2.24, 2.45) is 0 Å². The van der Waals surface area contributed by atoms with Crippen molar-refractivity contribution in [1.82, 2.24) is 4.90 Å². The van der Waals surface area contributed by atoms with E-state index in [0.717, 1.165) is 5.56 Å². The van der Waals surface area contributed by atoms with Gasteiger partial charge in [-0.3, -0.25) is 4.79 Å². The zero-order chi connectivity index (χ0) is 12.3. The number of aliphatic hydroxyl groups is 1. The molecule has 1 aromatic carbocycles. The summed E-state index contributed by atoms with van der Waals surface area (Å²) in [6, 6.07) is 8.03. The van der Waals surface area contributed by atoms with Crippen molar-refractivity contribution in [3.63, 3.8) is 0 Å². The number of aliphatic hydroxyl groups excluding tert-OH is 1. The summed E-state index contributed by atoms with van der Waals surface area (Å²) >= 11 is 1.69. The van der Waals surface area contributed by atoms with Crippen molar-refractivity contribution >= 4 is 23.7 Å². The fraction of sp³-hybridized carbons (Fsp3) is 0.308. The fourth-order valence-electron chi connectivity index (χ4n) is 1.62. The molecule has 1 saturated heterocycles. The van der Waals surface area contributed by atoms with Crippen LogP contribution in [0.2, 0.25) is 0 Å². The van der Waals surface area contributed by atoms with Crippen LogP contribution in [0.3, 0.4) is 0 Å². The highest BCUT2D eigenvalue weighted by molar-refractivity contribution is 7.98. The predicted molar refractivity (Wildman–Crippen MR) is 69.8 cm³/mol. The van der Waals surface area contributed by atoms with Crippen molar-refractivity contribution in [2.45, 2.75) is 11.0 Å². The van der Waals surface area contributed by atoms with E-state index in [1.807, 2.05) is 30.5 Å². The summed E-state index contributed by atoms with van der Waals surface area (Å²) in [6.07, 6.45) is 5.05. The minimum atomic E-state index is -0.340. The van der Waals surface area contributed by atoms with E-state index in [-0.39, 0.29) is 12.0 Å². The Balaban J connectivity index is 1.93. The van der Waals surface area contributed by atoms with Gasteiger partial charge in [-0.25, -0.2) is 0 Å². The number of β-amino-alcohol motifs (C(OH)–C–C–N with tert-alkyl or cyclic N) is 1. The van der Waals surface area contributed by atoms with Crippen LogP contribution in [0.1, 0.15) is 5.56 Å². The molecule has 3 nitrogen and oxygen atoms in total. The average molecular weight is 249 g/mol. The zero-order valence-electron chi connectivity index (χ0n) is 9.67. The second kappa shape index (κ2) is 5.38. The van der Waals surface area contributed by atoms with E-state index in [0.29, 0.717) is 13.1 Å². The molecule has 17 heavy (non-hydrogen) atoms. The number of thioether (sulfide) groups is 1. The maximum absolute atomic E-state index is 11.6. The molecule has 2 rings (SSSR count). The van der Waals surface area contributed by atoms with Crippen LogP contribution in [0.4, 0.5) is 0 Å². The first kappa shape index (κ1) is 12.2. The lowest BCUT2D eigenvalue weighted by atomic mass is 10.1. The number of nitrogens with zero attached hydrogens (tertiary/aromatic N) is 1. The number of hydrogen-bond acceptors (Lipinski definition) is 3. The second-order valence-corrected chi connectivity index (χ2v) is 4.88. The molecule has 0 saturated carbocycles. The molecule has 1 aromatic rings. The van der Waals surface area contributed by atoms with Crippen molar-refractivity contribution < 1.29 is 9.90 Å². The maximum atomic E-state index is 11.6. The largest absolute Gasteiger partial charge is 0.389 e. The lowest BCUT2D eigenvalue weighted by molar-refractivity contribution is -0.135. The summed E-state index contributed by atoms with van der Waals surface area (Å²) in [7, 11) is 0. The van der Waals surface area contributed by atoms with Crippen molar-refractivity contribution in [2.75, 3.05) is 19.3 Å². The minimum Gasteiger partial charge on any atom is -0.389 e. The molecule has 0 spiro atoms. The normalized spacial score (nSPS) is 16.2. The van der Waals surface area contributed by atoms with Gasteiger partial charge in [-0.15, -0.1) is 11.8 Å². The highest BCUT2D eigenvalue weighted by Crippen LogP contribution is 2.16. The topological polar surface area (TPSA) is 40.5 Å². The first-order valence-corrected chi connectivity index (χ1v) is 6.70. The van der Waals surface area contributed by atoms with Crippen molar-refractivity contribution in [3.8, 4) is 0 Å². The molecule has 1 N–H and O–H groups in total. The number of hydrogen-bond donors (Lipinski definition) is 1. The Hall–Kier alpha value is -1.26. The van der Waals surface area contributed by atoms with Gasteiger partial charge >= 0.3 is 0 Å². The van der Waals surface area contributed by atoms with Gasteiger partial charge in [0.1, 0.15) is 0 Å². The third-order valence-electron chi connectivity index (χ3n) is 2.71. The zero-order valence-corrected chi connectivity index (χ0v) is 10.5. The van der Waals surface area contributed by atoms with E-state index in [9.17, 15) is 4.79 Å². The van der Waals surface area contributed by atoms with Crippen molar-refractivity contribution in [1.29, 1.82) is 0 Å². The number of amides is 1. The molecule has 0 atom stereocenters. The highest BCUT2D eigenvalue weighted by Gasteiger charge is 2.26. The Labute approximate surface area is 105 Å². The molecule has 1 aliphatic rings. The first-order chi connectivity index (χ1) is 8.19. The summed E-state index contributed by atoms with van der Waals surface area (Å²) in [5, 5.41) is 9.09. The second-order valence-electron chi connectivity index (χ2n) is 4.00. The molecule has 1 aliphatic heterocycles. The van der Waals surface area contributed by atoms with Gasteiger partial charge in [-0.05, 0) is 30.0 Å². The van der Waals surface area contributed by atoms with Gasteiger partial charge in [0.25, 0.3) is 0 Å². The van der Waals surface area contributed by atoms with E-state index < -0.39 is 0 Å². The van der Waals surface area contributed by atoms with Crippen LogP contribution < -0.4 is 0 Å². The molecule has 0 unspecified atom stereocenters. The summed E-state index contributed by atoms with van der Waals surface area (Å²) in [5.41, 5.74) is 1.01. The first-order valence-electron chi connectivity index (χ1n) is 5.48. The van der Waals surface area contributed by atoms with Crippen LogP contribution in [0.5, 0.6) is 0 Å². The van der Waals surface area contributed by atoms with Crippen LogP contribution in [-0.4, -0.2) is 41.4 Å². The van der Waals surface area contributed by atoms with E-state index in [1.54, 1.807) is 28.8 Å². The Morgan fingerprint density at radius 3 is 2.59 bits per heavy atom. The molecular formula is C13H15NO2S. The summed E-state index contributed by atoms with van der Waals surface area (Å²) < 4.78 is 0. The smallest absolute Gasteiger partial charge is 0.246 e. The highest BCUT2D eigenvalue weighted by atomic mass is 32.2. The fourth-order valence-corrected chi connectivity index (χ4v) is 2.03. The average Bonchev–Trinajstić information content (AvgIpc) is 2.32. The van der Waals surface area contributed by atoms with Crippen molar-refractivity contribution in [3.05, 3.63) is 35.9 Å². The lowest BCUT2D eigenvalue weighted by Gasteiger charge is -2.34. The van der Waals surface area contributed by atoms with Gasteiger partial charge < -0.3 is 10.0 Å². The minimum absolute atomic E-state index is 0.0377. The van der Waals surface area contributed by atoms with Crippen LogP contribution in [0, 0.1) is 0 Å². The Morgan fingerprint density at radius 1 is 1.41 bits per heavy atom. The monoisotopic (exact) mass is 249 g/mol. The maximum Gasteiger partial charge on any atom is 0.246 e. The molecule has 0 radical (unpaired) electrons. The Morgan fingerprint density at radius 2 is 2.06 bits per heavy atom. The number of carbonyl (C=O) groups excluding carboxylic acids is 1. The van der Waals surface area contributed by atoms with Gasteiger partial charge in [0, 0.05) is 24.1 Å². The van der Waals surface area contributed by atoms with Gasteiger partial charge in [0.05, 0.1) is 6.10 Å². The third kappa shape index (κ3) is 3.11. The molecule has 0 bridgehead atoms. The van der Waals surface area contributed by atoms with Crippen LogP contribution in [0.25, 0.3) is 6.08 Å². The molecule has 0 aromatic heterocycles. The summed E-state index contributed by atoms with van der Waals surface area (Å²) in [4.78, 5) is 14.4. The molecule has 1 fully saturated rings. The molecule has 0 aliphatic carbocycles. The van der Waals surface area contributed by atoms with E-state index in [4.69, 9.17) is 5.11 Å². The lowest BCUT2D eigenvalue weighted by Crippen LogP contribution is -2.52. The van der Waals surface area contributed by atoms with Crippen LogP contribution in [0.15, 0.2) is 35.2 Å². The number of rotatable bonds is 3. The number of benzene rings is 1. The Kier molecular flexibility index (Phi) is 3.86. The Bertz CT molecular complexity index is 422. The SMILES string of the molecule is CSc1ccc(/C=C/C(=O)N2CC(O)C2)cc1. The summed E-state index contributed by atoms with van der Waals surface area (Å²) in [5.74, 6) is -0.0377. The quantitative estimate of drug-likeness (QED) is 0.654. The van der Waals surface area contributed by atoms with Gasteiger partial charge in [0.15, 0.2) is 0 Å². The van der Waals surface area contributed by atoms with Crippen LogP contribution >= 0.6 is 11.8 Å². The van der Waals surface area contributed by atoms with Gasteiger partial charge in [-0.1, -0.05) is 12.1 Å². The molecule has 1 amide bonds. The van der Waals surface area contributed by atoms with Gasteiger partial charge in [-0.2, -0.15) is 0 Å². The molecular weight excluding hydrogens is 234 g/mol. The molecule has 90 valence electrons. The molecule has 4 heteroatoms.